The fourth-order valence-electron chi connectivity index (χ4n) is 3.41. The lowest BCUT2D eigenvalue weighted by Gasteiger charge is -2.34. The second-order valence-electron chi connectivity index (χ2n) is 7.18. The highest BCUT2D eigenvalue weighted by Gasteiger charge is 2.15. The van der Waals surface area contributed by atoms with E-state index >= 15 is 0 Å². The zero-order valence-electron chi connectivity index (χ0n) is 16.6. The molecule has 0 amide bonds. The van der Waals surface area contributed by atoms with Crippen LogP contribution in [0.25, 0.3) is 11.3 Å². The summed E-state index contributed by atoms with van der Waals surface area (Å²) in [4.78, 5) is 9.17. The SMILES string of the molecule is COc1cccc(-c2cnc(Nc3ccc(N4CCN(C)CC4)cc3C)o2)c1. The molecular weight excluding hydrogens is 352 g/mol. The van der Waals surface area contributed by atoms with Gasteiger partial charge in [-0.3, -0.25) is 0 Å². The van der Waals surface area contributed by atoms with Crippen LogP contribution in [-0.2, 0) is 0 Å². The molecule has 146 valence electrons. The van der Waals surface area contributed by atoms with Crippen molar-refractivity contribution in [1.29, 1.82) is 0 Å². The highest BCUT2D eigenvalue weighted by Crippen LogP contribution is 2.29. The molecule has 0 spiro atoms. The van der Waals surface area contributed by atoms with Crippen LogP contribution >= 0.6 is 0 Å². The van der Waals surface area contributed by atoms with Gasteiger partial charge in [-0.25, -0.2) is 4.98 Å². The second kappa shape index (κ2) is 7.94. The van der Waals surface area contributed by atoms with Gasteiger partial charge in [0.1, 0.15) is 5.75 Å². The highest BCUT2D eigenvalue weighted by atomic mass is 16.5. The van der Waals surface area contributed by atoms with Crippen molar-refractivity contribution in [3.05, 3.63) is 54.2 Å². The predicted octanol–water partition coefficient (Wildman–Crippen LogP) is 4.15. The lowest BCUT2D eigenvalue weighted by molar-refractivity contribution is 0.313. The number of methoxy groups -OCH3 is 1. The number of ether oxygens (including phenoxy) is 1. The molecule has 2 heterocycles. The van der Waals surface area contributed by atoms with Gasteiger partial charge in [0.2, 0.25) is 0 Å². The Bertz CT molecular complexity index is 945. The maximum Gasteiger partial charge on any atom is 0.299 e. The van der Waals surface area contributed by atoms with Crippen molar-refractivity contribution in [2.75, 3.05) is 50.6 Å². The Morgan fingerprint density at radius 3 is 2.64 bits per heavy atom. The summed E-state index contributed by atoms with van der Waals surface area (Å²) in [5.41, 5.74) is 4.36. The van der Waals surface area contributed by atoms with Gasteiger partial charge in [0.15, 0.2) is 5.76 Å². The normalized spacial score (nSPS) is 14.9. The minimum atomic E-state index is 0.480. The Kier molecular flexibility index (Phi) is 5.21. The van der Waals surface area contributed by atoms with E-state index in [4.69, 9.17) is 9.15 Å². The van der Waals surface area contributed by atoms with Crippen molar-refractivity contribution in [3.8, 4) is 17.1 Å². The van der Waals surface area contributed by atoms with Crippen LogP contribution in [-0.4, -0.2) is 50.2 Å². The summed E-state index contributed by atoms with van der Waals surface area (Å²) in [6, 6.07) is 14.7. The Balaban J connectivity index is 1.48. The number of aromatic nitrogens is 1. The monoisotopic (exact) mass is 378 g/mol. The standard InChI is InChI=1S/C22H26N4O2/c1-16-13-18(26-11-9-25(2)10-12-26)7-8-20(16)24-22-23-15-21(28-22)17-5-4-6-19(14-17)27-3/h4-8,13-15H,9-12H2,1-3H3,(H,23,24). The number of likely N-dealkylation sites (N-methyl/N-ethyl adjacent to an activating group) is 1. The minimum Gasteiger partial charge on any atom is -0.497 e. The van der Waals surface area contributed by atoms with Crippen LogP contribution in [0, 0.1) is 6.92 Å². The van der Waals surface area contributed by atoms with Gasteiger partial charge in [0.05, 0.1) is 13.3 Å². The van der Waals surface area contributed by atoms with E-state index in [1.807, 2.05) is 24.3 Å². The Hall–Kier alpha value is -2.99. The quantitative estimate of drug-likeness (QED) is 0.720. The molecular formula is C22H26N4O2. The third-order valence-corrected chi connectivity index (χ3v) is 5.18. The third-order valence-electron chi connectivity index (χ3n) is 5.18. The van der Waals surface area contributed by atoms with Crippen LogP contribution in [0.4, 0.5) is 17.4 Å². The first-order chi connectivity index (χ1) is 13.6. The number of nitrogens with zero attached hydrogens (tertiary/aromatic N) is 3. The summed E-state index contributed by atoms with van der Waals surface area (Å²) in [5.74, 6) is 1.49. The molecule has 0 radical (unpaired) electrons. The molecule has 1 N–H and O–H groups in total. The highest BCUT2D eigenvalue weighted by molar-refractivity contribution is 5.65. The van der Waals surface area contributed by atoms with Gasteiger partial charge < -0.3 is 24.3 Å². The van der Waals surface area contributed by atoms with E-state index < -0.39 is 0 Å². The van der Waals surface area contributed by atoms with E-state index in [-0.39, 0.29) is 0 Å². The van der Waals surface area contributed by atoms with Crippen LogP contribution in [0.15, 0.2) is 53.1 Å². The van der Waals surface area contributed by atoms with Crippen molar-refractivity contribution in [2.45, 2.75) is 6.92 Å². The van der Waals surface area contributed by atoms with Gasteiger partial charge in [-0.05, 0) is 49.9 Å². The summed E-state index contributed by atoms with van der Waals surface area (Å²) in [5, 5.41) is 3.29. The maximum atomic E-state index is 5.89. The Labute approximate surface area is 165 Å². The first-order valence-corrected chi connectivity index (χ1v) is 9.54. The largest absolute Gasteiger partial charge is 0.497 e. The maximum absolute atomic E-state index is 5.89. The number of hydrogen-bond acceptors (Lipinski definition) is 6. The molecule has 1 saturated heterocycles. The molecule has 6 heteroatoms. The number of piperazine rings is 1. The van der Waals surface area contributed by atoms with Crippen molar-refractivity contribution < 1.29 is 9.15 Å². The van der Waals surface area contributed by atoms with E-state index in [2.05, 4.69) is 52.3 Å². The minimum absolute atomic E-state index is 0.480. The Morgan fingerprint density at radius 1 is 1.07 bits per heavy atom. The molecule has 0 aliphatic carbocycles. The molecule has 1 aliphatic rings. The van der Waals surface area contributed by atoms with E-state index in [0.717, 1.165) is 48.7 Å². The van der Waals surface area contributed by atoms with Crippen LogP contribution in [0.3, 0.4) is 0 Å². The summed E-state index contributed by atoms with van der Waals surface area (Å²) in [6.45, 7) is 6.43. The predicted molar refractivity (Wildman–Crippen MR) is 113 cm³/mol. The molecule has 3 aromatic rings. The molecule has 1 aliphatic heterocycles. The first kappa shape index (κ1) is 18.4. The fraction of sp³-hybridized carbons (Fsp3) is 0.318. The molecule has 28 heavy (non-hydrogen) atoms. The van der Waals surface area contributed by atoms with Gasteiger partial charge in [-0.1, -0.05) is 12.1 Å². The average molecular weight is 378 g/mol. The smallest absolute Gasteiger partial charge is 0.299 e. The third kappa shape index (κ3) is 3.97. The van der Waals surface area contributed by atoms with Gasteiger partial charge in [0, 0.05) is 43.1 Å². The molecule has 0 atom stereocenters. The number of anilines is 3. The van der Waals surface area contributed by atoms with Crippen LogP contribution in [0.2, 0.25) is 0 Å². The van der Waals surface area contributed by atoms with Crippen molar-refractivity contribution >= 4 is 17.4 Å². The molecule has 1 aromatic heterocycles. The number of hydrogen-bond donors (Lipinski definition) is 1. The van der Waals surface area contributed by atoms with Crippen LogP contribution in [0.5, 0.6) is 5.75 Å². The van der Waals surface area contributed by atoms with E-state index in [1.165, 1.54) is 5.69 Å². The van der Waals surface area contributed by atoms with E-state index in [9.17, 15) is 0 Å². The molecule has 0 saturated carbocycles. The molecule has 1 fully saturated rings. The van der Waals surface area contributed by atoms with Crippen LogP contribution < -0.4 is 15.0 Å². The number of aryl methyl sites for hydroxylation is 1. The molecule has 4 rings (SSSR count). The first-order valence-electron chi connectivity index (χ1n) is 9.54. The average Bonchev–Trinajstić information content (AvgIpc) is 3.19. The number of nitrogens with one attached hydrogen (secondary N) is 1. The summed E-state index contributed by atoms with van der Waals surface area (Å²) in [6.07, 6.45) is 1.73. The fourth-order valence-corrected chi connectivity index (χ4v) is 3.41. The van der Waals surface area contributed by atoms with Gasteiger partial charge in [0.25, 0.3) is 6.01 Å². The number of benzene rings is 2. The zero-order valence-corrected chi connectivity index (χ0v) is 16.6. The van der Waals surface area contributed by atoms with Gasteiger partial charge in [-0.2, -0.15) is 0 Å². The number of rotatable bonds is 5. The van der Waals surface area contributed by atoms with Gasteiger partial charge in [-0.15, -0.1) is 0 Å². The number of oxazole rings is 1. The van der Waals surface area contributed by atoms with E-state index in [0.29, 0.717) is 11.8 Å². The lowest BCUT2D eigenvalue weighted by atomic mass is 10.1. The molecule has 2 aromatic carbocycles. The molecule has 0 bridgehead atoms. The van der Waals surface area contributed by atoms with Crippen LogP contribution in [0.1, 0.15) is 5.56 Å². The molecule has 6 nitrogen and oxygen atoms in total. The summed E-state index contributed by atoms with van der Waals surface area (Å²) >= 11 is 0. The van der Waals surface area contributed by atoms with Crippen molar-refractivity contribution in [3.63, 3.8) is 0 Å². The van der Waals surface area contributed by atoms with Crippen molar-refractivity contribution in [2.24, 2.45) is 0 Å². The second-order valence-corrected chi connectivity index (χ2v) is 7.18. The van der Waals surface area contributed by atoms with E-state index in [1.54, 1.807) is 13.3 Å². The van der Waals surface area contributed by atoms with Crippen molar-refractivity contribution in [1.82, 2.24) is 9.88 Å². The zero-order chi connectivity index (χ0) is 19.5. The topological polar surface area (TPSA) is 53.8 Å². The Morgan fingerprint density at radius 2 is 1.89 bits per heavy atom. The summed E-state index contributed by atoms with van der Waals surface area (Å²) in [7, 11) is 3.83. The summed E-state index contributed by atoms with van der Waals surface area (Å²) < 4.78 is 11.2. The molecule has 0 unspecified atom stereocenters. The lowest BCUT2D eigenvalue weighted by Crippen LogP contribution is -2.44. The van der Waals surface area contributed by atoms with Gasteiger partial charge >= 0.3 is 0 Å².